The van der Waals surface area contributed by atoms with Gasteiger partial charge in [0.1, 0.15) is 5.75 Å². The molecule has 1 aliphatic rings. The molecule has 0 radical (unpaired) electrons. The fourth-order valence-electron chi connectivity index (χ4n) is 4.32. The summed E-state index contributed by atoms with van der Waals surface area (Å²) in [6, 6.07) is 17.1. The highest BCUT2D eigenvalue weighted by atomic mass is 16.6. The Labute approximate surface area is 197 Å². The number of hydrogen-bond donors (Lipinski definition) is 0. The van der Waals surface area contributed by atoms with Gasteiger partial charge in [0.2, 0.25) is 0 Å². The lowest BCUT2D eigenvalue weighted by molar-refractivity contribution is -0.384. The third kappa shape index (κ3) is 4.52. The maximum Gasteiger partial charge on any atom is 0.269 e. The zero-order chi connectivity index (χ0) is 24.2. The van der Waals surface area contributed by atoms with Crippen molar-refractivity contribution in [2.45, 2.75) is 19.4 Å². The van der Waals surface area contributed by atoms with Gasteiger partial charge in [-0.1, -0.05) is 30.3 Å². The number of non-ortho nitro benzene ring substituents is 1. The molecule has 0 bridgehead atoms. The monoisotopic (exact) mass is 462 g/mol. The van der Waals surface area contributed by atoms with Crippen molar-refractivity contribution in [2.24, 2.45) is 0 Å². The first kappa shape index (κ1) is 23.1. The van der Waals surface area contributed by atoms with Gasteiger partial charge in [-0.05, 0) is 53.8 Å². The molecule has 3 aromatic carbocycles. The van der Waals surface area contributed by atoms with Crippen LogP contribution in [0.4, 0.5) is 5.69 Å². The molecule has 1 amide bonds. The van der Waals surface area contributed by atoms with Crippen LogP contribution in [0.3, 0.4) is 0 Å². The molecule has 1 heterocycles. The van der Waals surface area contributed by atoms with E-state index in [-0.39, 0.29) is 18.2 Å². The van der Waals surface area contributed by atoms with Gasteiger partial charge in [0.05, 0.1) is 25.2 Å². The van der Waals surface area contributed by atoms with Crippen LogP contribution in [0.15, 0.2) is 60.7 Å². The Bertz CT molecular complexity index is 1230. The Kier molecular flexibility index (Phi) is 6.67. The Morgan fingerprint density at radius 3 is 2.47 bits per heavy atom. The summed E-state index contributed by atoms with van der Waals surface area (Å²) in [6.45, 7) is 2.22. The van der Waals surface area contributed by atoms with Gasteiger partial charge in [0.25, 0.3) is 11.6 Å². The second-order valence-corrected chi connectivity index (χ2v) is 8.05. The van der Waals surface area contributed by atoms with Crippen molar-refractivity contribution >= 4 is 11.6 Å². The van der Waals surface area contributed by atoms with Crippen LogP contribution in [0, 0.1) is 17.0 Å². The molecule has 1 aliphatic heterocycles. The van der Waals surface area contributed by atoms with Crippen LogP contribution in [-0.4, -0.2) is 43.1 Å². The van der Waals surface area contributed by atoms with Gasteiger partial charge in [-0.15, -0.1) is 0 Å². The minimum absolute atomic E-state index is 0.0336. The fourth-order valence-corrected chi connectivity index (χ4v) is 4.32. The van der Waals surface area contributed by atoms with Gasteiger partial charge >= 0.3 is 0 Å². The normalized spacial score (nSPS) is 14.8. The molecule has 0 aliphatic carbocycles. The van der Waals surface area contributed by atoms with Gasteiger partial charge in [0.15, 0.2) is 18.1 Å². The smallest absolute Gasteiger partial charge is 0.269 e. The highest BCUT2D eigenvalue weighted by molar-refractivity contribution is 5.79. The molecule has 0 fully saturated rings. The molecule has 8 nitrogen and oxygen atoms in total. The predicted molar refractivity (Wildman–Crippen MR) is 127 cm³/mol. The second kappa shape index (κ2) is 9.82. The van der Waals surface area contributed by atoms with E-state index in [1.807, 2.05) is 43.3 Å². The Morgan fingerprint density at radius 1 is 1.03 bits per heavy atom. The van der Waals surface area contributed by atoms with Gasteiger partial charge in [0, 0.05) is 18.7 Å². The molecular formula is C26H26N2O6. The molecule has 0 saturated carbocycles. The number of carbonyl (C=O) groups is 1. The number of para-hydroxylation sites is 1. The van der Waals surface area contributed by atoms with Crippen LogP contribution in [0.25, 0.3) is 0 Å². The molecule has 34 heavy (non-hydrogen) atoms. The van der Waals surface area contributed by atoms with E-state index in [2.05, 4.69) is 0 Å². The van der Waals surface area contributed by atoms with Crippen LogP contribution in [0.1, 0.15) is 28.3 Å². The van der Waals surface area contributed by atoms with Crippen molar-refractivity contribution in [3.05, 3.63) is 93.0 Å². The molecule has 176 valence electrons. The Morgan fingerprint density at radius 2 is 1.76 bits per heavy atom. The maximum absolute atomic E-state index is 13.4. The lowest BCUT2D eigenvalue weighted by atomic mass is 9.87. The quantitative estimate of drug-likeness (QED) is 0.380. The summed E-state index contributed by atoms with van der Waals surface area (Å²) in [5.41, 5.74) is 3.39. The zero-order valence-electron chi connectivity index (χ0n) is 19.3. The van der Waals surface area contributed by atoms with E-state index < -0.39 is 11.0 Å². The second-order valence-electron chi connectivity index (χ2n) is 8.05. The lowest BCUT2D eigenvalue weighted by Crippen LogP contribution is -2.43. The van der Waals surface area contributed by atoms with Crippen molar-refractivity contribution in [3.63, 3.8) is 0 Å². The van der Waals surface area contributed by atoms with E-state index in [1.165, 1.54) is 12.1 Å². The van der Waals surface area contributed by atoms with Crippen LogP contribution in [0.2, 0.25) is 0 Å². The summed E-state index contributed by atoms with van der Waals surface area (Å²) < 4.78 is 16.8. The van der Waals surface area contributed by atoms with Crippen LogP contribution in [0.5, 0.6) is 17.2 Å². The average molecular weight is 463 g/mol. The number of nitro groups is 1. The average Bonchev–Trinajstić information content (AvgIpc) is 2.86. The number of rotatable bonds is 7. The summed E-state index contributed by atoms with van der Waals surface area (Å²) in [5.74, 6) is 1.57. The maximum atomic E-state index is 13.4. The number of carbonyl (C=O) groups excluding carboxylic acids is 1. The number of aryl methyl sites for hydroxylation is 1. The zero-order valence-corrected chi connectivity index (χ0v) is 19.3. The number of fused-ring (bicyclic) bond motifs is 1. The number of methoxy groups -OCH3 is 2. The highest BCUT2D eigenvalue weighted by Crippen LogP contribution is 2.41. The molecule has 0 spiro atoms. The molecular weight excluding hydrogens is 436 g/mol. The summed E-state index contributed by atoms with van der Waals surface area (Å²) in [4.78, 5) is 26.1. The summed E-state index contributed by atoms with van der Waals surface area (Å²) in [6.07, 6.45) is 0.608. The van der Waals surface area contributed by atoms with Gasteiger partial charge in [-0.3, -0.25) is 14.9 Å². The predicted octanol–water partition coefficient (Wildman–Crippen LogP) is 4.47. The van der Waals surface area contributed by atoms with Crippen molar-refractivity contribution in [1.82, 2.24) is 4.90 Å². The number of nitrogens with zero attached hydrogens (tertiary/aromatic N) is 2. The van der Waals surface area contributed by atoms with E-state index in [9.17, 15) is 14.9 Å². The standard InChI is InChI=1S/C26H26N2O6/c1-17-7-4-5-10-22(17)34-16-25(29)27-12-11-18-14-23(32-2)24(33-3)15-21(18)26(27)19-8-6-9-20(13-19)28(30)31/h4-10,13-15,26H,11-12,16H2,1-3H3/t26-/m1/s1. The van der Waals surface area contributed by atoms with E-state index in [0.29, 0.717) is 35.8 Å². The van der Waals surface area contributed by atoms with Crippen LogP contribution < -0.4 is 14.2 Å². The SMILES string of the molecule is COc1cc2c(cc1OC)[C@@H](c1cccc([N+](=O)[O-])c1)N(C(=O)COc1ccccc1C)CC2. The summed E-state index contributed by atoms with van der Waals surface area (Å²) in [7, 11) is 3.12. The first-order valence-corrected chi connectivity index (χ1v) is 10.9. The van der Waals surface area contributed by atoms with E-state index in [4.69, 9.17) is 14.2 Å². The van der Waals surface area contributed by atoms with Crippen molar-refractivity contribution in [1.29, 1.82) is 0 Å². The third-order valence-electron chi connectivity index (χ3n) is 6.04. The van der Waals surface area contributed by atoms with Crippen molar-refractivity contribution < 1.29 is 23.9 Å². The molecule has 0 unspecified atom stereocenters. The van der Waals surface area contributed by atoms with E-state index in [1.54, 1.807) is 31.3 Å². The molecule has 8 heteroatoms. The number of amides is 1. The first-order valence-electron chi connectivity index (χ1n) is 10.9. The van der Waals surface area contributed by atoms with E-state index >= 15 is 0 Å². The summed E-state index contributed by atoms with van der Waals surface area (Å²) >= 11 is 0. The fraction of sp³-hybridized carbons (Fsp3) is 0.269. The molecule has 1 atom stereocenters. The highest BCUT2D eigenvalue weighted by Gasteiger charge is 2.34. The largest absolute Gasteiger partial charge is 0.493 e. The molecule has 0 saturated heterocycles. The third-order valence-corrected chi connectivity index (χ3v) is 6.04. The summed E-state index contributed by atoms with van der Waals surface area (Å²) in [5, 5.41) is 11.4. The molecule has 3 aromatic rings. The van der Waals surface area contributed by atoms with E-state index in [0.717, 1.165) is 16.7 Å². The Hall–Kier alpha value is -4.07. The number of hydrogen-bond acceptors (Lipinski definition) is 6. The van der Waals surface area contributed by atoms with Crippen molar-refractivity contribution in [2.75, 3.05) is 27.4 Å². The number of benzene rings is 3. The van der Waals surface area contributed by atoms with Gasteiger partial charge in [-0.2, -0.15) is 0 Å². The van der Waals surface area contributed by atoms with Crippen molar-refractivity contribution in [3.8, 4) is 17.2 Å². The minimum Gasteiger partial charge on any atom is -0.493 e. The molecule has 4 rings (SSSR count). The van der Waals surface area contributed by atoms with Crippen LogP contribution >= 0.6 is 0 Å². The topological polar surface area (TPSA) is 91.1 Å². The first-order chi connectivity index (χ1) is 16.4. The molecule has 0 aromatic heterocycles. The number of ether oxygens (including phenoxy) is 3. The van der Waals surface area contributed by atoms with Gasteiger partial charge in [-0.25, -0.2) is 0 Å². The minimum atomic E-state index is -0.531. The molecule has 0 N–H and O–H groups in total. The Balaban J connectivity index is 1.74. The van der Waals surface area contributed by atoms with Crippen LogP contribution in [-0.2, 0) is 11.2 Å². The number of nitro benzene ring substituents is 1. The lowest BCUT2D eigenvalue weighted by Gasteiger charge is -2.38. The van der Waals surface area contributed by atoms with Gasteiger partial charge < -0.3 is 19.1 Å².